The second kappa shape index (κ2) is 4.03. The largest absolute Gasteiger partial charge is 0.495 e. The highest BCUT2D eigenvalue weighted by Crippen LogP contribution is 2.26. The molecule has 1 aromatic heterocycles. The van der Waals surface area contributed by atoms with Crippen molar-refractivity contribution in [2.45, 2.75) is 6.43 Å². The molecule has 0 saturated carbocycles. The Balaban J connectivity index is 3.33. The third-order valence-electron chi connectivity index (χ3n) is 1.43. The van der Waals surface area contributed by atoms with E-state index in [1.165, 1.54) is 13.2 Å². The molecule has 0 unspecified atom stereocenters. The Morgan fingerprint density at radius 1 is 1.62 bits per heavy atom. The number of methoxy groups -OCH3 is 1. The van der Waals surface area contributed by atoms with E-state index in [1.807, 2.05) is 0 Å². The lowest BCUT2D eigenvalue weighted by Crippen LogP contribution is -2.13. The number of pyridine rings is 1. The predicted octanol–water partition coefficient (Wildman–Crippen LogP) is 1.93. The first kappa shape index (κ1) is 10.4. The Hall–Kier alpha value is -0.660. The summed E-state index contributed by atoms with van der Waals surface area (Å²) < 4.78 is 29.6. The fourth-order valence-corrected chi connectivity index (χ4v) is 1.25. The molecule has 1 rings (SSSR count). The van der Waals surface area contributed by atoms with E-state index in [-0.39, 0.29) is 5.75 Å². The number of aromatic amines is 1. The minimum absolute atomic E-state index is 0.000926. The van der Waals surface area contributed by atoms with Crippen LogP contribution in [0.25, 0.3) is 0 Å². The molecule has 0 radical (unpaired) electrons. The van der Waals surface area contributed by atoms with Crippen LogP contribution in [-0.4, -0.2) is 12.1 Å². The second-order valence-electron chi connectivity index (χ2n) is 2.23. The number of halogens is 3. The minimum Gasteiger partial charge on any atom is -0.495 e. The number of ether oxygens (including phenoxy) is 1. The molecule has 0 aliphatic carbocycles. The van der Waals surface area contributed by atoms with E-state index in [0.29, 0.717) is 3.57 Å². The topological polar surface area (TPSA) is 42.1 Å². The number of hydrogen-bond acceptors (Lipinski definition) is 2. The van der Waals surface area contributed by atoms with Gasteiger partial charge >= 0.3 is 0 Å². The Kier molecular flexibility index (Phi) is 3.23. The summed E-state index contributed by atoms with van der Waals surface area (Å²) in [6.07, 6.45) is -2.74. The van der Waals surface area contributed by atoms with Crippen LogP contribution in [0.2, 0.25) is 0 Å². The van der Waals surface area contributed by atoms with Crippen LogP contribution in [0.5, 0.6) is 5.75 Å². The van der Waals surface area contributed by atoms with Gasteiger partial charge in [0.25, 0.3) is 12.0 Å². The van der Waals surface area contributed by atoms with Crippen LogP contribution < -0.4 is 10.3 Å². The molecule has 6 heteroatoms. The summed E-state index contributed by atoms with van der Waals surface area (Å²) in [5.74, 6) is -0.000926. The lowest BCUT2D eigenvalue weighted by Gasteiger charge is -2.06. The summed E-state index contributed by atoms with van der Waals surface area (Å²) in [6.45, 7) is 0. The van der Waals surface area contributed by atoms with Crippen molar-refractivity contribution in [3.05, 3.63) is 25.7 Å². The molecule has 1 heterocycles. The van der Waals surface area contributed by atoms with Crippen molar-refractivity contribution in [2.24, 2.45) is 0 Å². The van der Waals surface area contributed by atoms with E-state index >= 15 is 0 Å². The maximum Gasteiger partial charge on any atom is 0.281 e. The molecule has 0 aliphatic rings. The summed E-state index contributed by atoms with van der Waals surface area (Å²) in [7, 11) is 1.27. The van der Waals surface area contributed by atoms with Crippen LogP contribution >= 0.6 is 22.6 Å². The van der Waals surface area contributed by atoms with Gasteiger partial charge in [-0.1, -0.05) is 0 Å². The first-order chi connectivity index (χ1) is 6.06. The van der Waals surface area contributed by atoms with Crippen LogP contribution in [0.4, 0.5) is 8.78 Å². The zero-order chi connectivity index (χ0) is 10.0. The van der Waals surface area contributed by atoms with Crippen molar-refractivity contribution < 1.29 is 13.5 Å². The zero-order valence-corrected chi connectivity index (χ0v) is 8.76. The summed E-state index contributed by atoms with van der Waals surface area (Å²) >= 11 is 1.74. The van der Waals surface area contributed by atoms with Gasteiger partial charge in [0.05, 0.1) is 10.7 Å². The van der Waals surface area contributed by atoms with Gasteiger partial charge in [-0.15, -0.1) is 0 Å². The average Bonchev–Trinajstić information content (AvgIpc) is 2.08. The maximum atomic E-state index is 12.3. The molecule has 0 saturated heterocycles. The van der Waals surface area contributed by atoms with Crippen LogP contribution in [0.3, 0.4) is 0 Å². The summed E-state index contributed by atoms with van der Waals surface area (Å²) in [5.41, 5.74) is -1.01. The summed E-state index contributed by atoms with van der Waals surface area (Å²) in [6, 6.07) is 1.28. The highest BCUT2D eigenvalue weighted by atomic mass is 127. The number of nitrogens with one attached hydrogen (secondary N) is 1. The molecule has 0 aromatic carbocycles. The number of rotatable bonds is 2. The third-order valence-corrected chi connectivity index (χ3v) is 2.23. The summed E-state index contributed by atoms with van der Waals surface area (Å²) in [4.78, 5) is 13.0. The molecule has 0 atom stereocenters. The fourth-order valence-electron chi connectivity index (χ4n) is 0.833. The van der Waals surface area contributed by atoms with E-state index in [0.717, 1.165) is 0 Å². The molecule has 0 bridgehead atoms. The van der Waals surface area contributed by atoms with E-state index in [2.05, 4.69) is 9.72 Å². The standard InChI is InChI=1S/C7H6F2INO2/c1-13-4-2-3(10)7(12)11-5(4)6(8)9/h2,6H,1H3,(H,11,12). The molecule has 72 valence electrons. The van der Waals surface area contributed by atoms with E-state index in [9.17, 15) is 13.6 Å². The molecule has 0 aliphatic heterocycles. The minimum atomic E-state index is -2.74. The Bertz CT molecular complexity index is 364. The van der Waals surface area contributed by atoms with Gasteiger partial charge in [0.2, 0.25) is 0 Å². The van der Waals surface area contributed by atoms with E-state index in [1.54, 1.807) is 22.6 Å². The Labute approximate surface area is 86.2 Å². The number of H-pyrrole nitrogens is 1. The number of hydrogen-bond donors (Lipinski definition) is 1. The highest BCUT2D eigenvalue weighted by molar-refractivity contribution is 14.1. The van der Waals surface area contributed by atoms with Gasteiger partial charge in [0.1, 0.15) is 11.4 Å². The highest BCUT2D eigenvalue weighted by Gasteiger charge is 2.16. The van der Waals surface area contributed by atoms with Crippen molar-refractivity contribution in [1.82, 2.24) is 4.98 Å². The zero-order valence-electron chi connectivity index (χ0n) is 6.61. The summed E-state index contributed by atoms with van der Waals surface area (Å²) in [5, 5.41) is 0. The molecular formula is C7H6F2INO2. The number of alkyl halides is 2. The monoisotopic (exact) mass is 301 g/mol. The second-order valence-corrected chi connectivity index (χ2v) is 3.39. The van der Waals surface area contributed by atoms with Crippen molar-refractivity contribution >= 4 is 22.6 Å². The molecule has 1 N–H and O–H groups in total. The molecule has 1 aromatic rings. The van der Waals surface area contributed by atoms with Gasteiger partial charge in [0.15, 0.2) is 0 Å². The van der Waals surface area contributed by atoms with Gasteiger partial charge in [-0.25, -0.2) is 8.78 Å². The lowest BCUT2D eigenvalue weighted by atomic mass is 10.3. The maximum absolute atomic E-state index is 12.3. The molecule has 3 nitrogen and oxygen atoms in total. The van der Waals surface area contributed by atoms with E-state index in [4.69, 9.17) is 0 Å². The first-order valence-corrected chi connectivity index (χ1v) is 4.39. The van der Waals surface area contributed by atoms with Gasteiger partial charge < -0.3 is 9.72 Å². The van der Waals surface area contributed by atoms with Crippen LogP contribution in [0.15, 0.2) is 10.9 Å². The van der Waals surface area contributed by atoms with Gasteiger partial charge in [-0.3, -0.25) is 4.79 Å². The van der Waals surface area contributed by atoms with E-state index < -0.39 is 17.7 Å². The quantitative estimate of drug-likeness (QED) is 0.848. The molecule has 0 amide bonds. The van der Waals surface area contributed by atoms with Crippen LogP contribution in [0, 0.1) is 3.57 Å². The fraction of sp³-hybridized carbons (Fsp3) is 0.286. The van der Waals surface area contributed by atoms with Gasteiger partial charge in [-0.2, -0.15) is 0 Å². The predicted molar refractivity (Wildman–Crippen MR) is 51.3 cm³/mol. The first-order valence-electron chi connectivity index (χ1n) is 3.31. The average molecular weight is 301 g/mol. The smallest absolute Gasteiger partial charge is 0.281 e. The molecule has 13 heavy (non-hydrogen) atoms. The molecular weight excluding hydrogens is 295 g/mol. The van der Waals surface area contributed by atoms with Crippen molar-refractivity contribution in [2.75, 3.05) is 7.11 Å². The van der Waals surface area contributed by atoms with Gasteiger partial charge in [0, 0.05) is 6.07 Å². The third kappa shape index (κ3) is 2.17. The van der Waals surface area contributed by atoms with Crippen molar-refractivity contribution in [1.29, 1.82) is 0 Å². The van der Waals surface area contributed by atoms with Crippen LogP contribution in [-0.2, 0) is 0 Å². The number of aromatic nitrogens is 1. The molecule has 0 fully saturated rings. The van der Waals surface area contributed by atoms with Gasteiger partial charge in [-0.05, 0) is 22.6 Å². The lowest BCUT2D eigenvalue weighted by molar-refractivity contribution is 0.141. The SMILES string of the molecule is COc1cc(I)c(=O)[nH]c1C(F)F. The van der Waals surface area contributed by atoms with Crippen molar-refractivity contribution in [3.8, 4) is 5.75 Å². The normalized spacial score (nSPS) is 10.5. The Morgan fingerprint density at radius 2 is 2.23 bits per heavy atom. The Morgan fingerprint density at radius 3 is 2.69 bits per heavy atom. The van der Waals surface area contributed by atoms with Crippen molar-refractivity contribution in [3.63, 3.8) is 0 Å². The molecule has 0 spiro atoms. The van der Waals surface area contributed by atoms with Crippen LogP contribution in [0.1, 0.15) is 12.1 Å².